The summed E-state index contributed by atoms with van der Waals surface area (Å²) >= 11 is 1.05. The fourth-order valence-corrected chi connectivity index (χ4v) is 1.69. The molecule has 0 saturated carbocycles. The molecule has 1 aromatic rings. The monoisotopic (exact) mass is 196 g/mol. The van der Waals surface area contributed by atoms with Crippen LogP contribution in [0.3, 0.4) is 0 Å². The highest BCUT2D eigenvalue weighted by atomic mass is 32.1. The van der Waals surface area contributed by atoms with E-state index in [1.54, 1.807) is 19.9 Å². The molecule has 1 heterocycles. The van der Waals surface area contributed by atoms with Gasteiger partial charge in [-0.2, -0.15) is 5.26 Å². The second-order valence-electron chi connectivity index (χ2n) is 3.13. The van der Waals surface area contributed by atoms with Gasteiger partial charge in [0.05, 0.1) is 16.4 Å². The van der Waals surface area contributed by atoms with E-state index in [0.29, 0.717) is 0 Å². The van der Waals surface area contributed by atoms with Crippen LogP contribution in [0.1, 0.15) is 18.7 Å². The Hall–Kier alpha value is -1.41. The Bertz CT molecular complexity index is 376. The average Bonchev–Trinajstić information content (AvgIpc) is 2.52. The summed E-state index contributed by atoms with van der Waals surface area (Å²) in [5, 5.41) is 19.2. The van der Waals surface area contributed by atoms with E-state index in [4.69, 9.17) is 5.26 Å². The molecule has 0 amide bonds. The zero-order valence-corrected chi connectivity index (χ0v) is 8.09. The number of nitrogens with zero attached hydrogens (tertiary/aromatic N) is 2. The van der Waals surface area contributed by atoms with E-state index >= 15 is 0 Å². The second-order valence-corrected chi connectivity index (χ2v) is 4.19. The third kappa shape index (κ3) is 1.84. The summed E-state index contributed by atoms with van der Waals surface area (Å²) in [6.07, 6.45) is 0. The lowest BCUT2D eigenvalue weighted by Crippen LogP contribution is -2.10. The molecule has 4 nitrogen and oxygen atoms in total. The van der Waals surface area contributed by atoms with Crippen LogP contribution in [0.15, 0.2) is 12.1 Å². The SMILES string of the molecule is CC(C)(C#N)c1ccc([N+](=O)[O-])s1. The van der Waals surface area contributed by atoms with Gasteiger partial charge in [0.25, 0.3) is 0 Å². The average molecular weight is 196 g/mol. The molecule has 0 bridgehead atoms. The van der Waals surface area contributed by atoms with Gasteiger partial charge >= 0.3 is 5.00 Å². The van der Waals surface area contributed by atoms with Gasteiger partial charge < -0.3 is 0 Å². The lowest BCUT2D eigenvalue weighted by molar-refractivity contribution is -0.380. The van der Waals surface area contributed by atoms with Crippen molar-refractivity contribution < 1.29 is 4.92 Å². The van der Waals surface area contributed by atoms with E-state index in [1.165, 1.54) is 6.07 Å². The van der Waals surface area contributed by atoms with Crippen molar-refractivity contribution in [3.05, 3.63) is 27.1 Å². The Labute approximate surface area is 79.6 Å². The van der Waals surface area contributed by atoms with Crippen molar-refractivity contribution in [1.29, 1.82) is 5.26 Å². The molecule has 13 heavy (non-hydrogen) atoms. The van der Waals surface area contributed by atoms with Gasteiger partial charge in [0.2, 0.25) is 0 Å². The molecule has 1 aromatic heterocycles. The first kappa shape index (κ1) is 9.68. The van der Waals surface area contributed by atoms with Crippen molar-refractivity contribution in [3.63, 3.8) is 0 Å². The number of rotatable bonds is 2. The third-order valence-corrected chi connectivity index (χ3v) is 3.03. The number of thiophene rings is 1. The summed E-state index contributed by atoms with van der Waals surface area (Å²) in [7, 11) is 0. The van der Waals surface area contributed by atoms with E-state index in [9.17, 15) is 10.1 Å². The Kier molecular flexibility index (Phi) is 2.34. The molecule has 0 fully saturated rings. The number of nitriles is 1. The standard InChI is InChI=1S/C8H8N2O2S/c1-8(2,5-9)6-3-4-7(13-6)10(11)12/h3-4H,1-2H3. The Balaban J connectivity index is 3.07. The first-order valence-electron chi connectivity index (χ1n) is 3.63. The van der Waals surface area contributed by atoms with Crippen LogP contribution in [0.4, 0.5) is 5.00 Å². The summed E-state index contributed by atoms with van der Waals surface area (Å²) in [5.74, 6) is 0. The predicted octanol–water partition coefficient (Wildman–Crippen LogP) is 2.46. The molecule has 0 aliphatic carbocycles. The lowest BCUT2D eigenvalue weighted by atomic mass is 9.94. The highest BCUT2D eigenvalue weighted by Crippen LogP contribution is 2.33. The minimum atomic E-state index is -0.640. The highest BCUT2D eigenvalue weighted by Gasteiger charge is 2.24. The lowest BCUT2D eigenvalue weighted by Gasteiger charge is -2.10. The Morgan fingerprint density at radius 3 is 2.62 bits per heavy atom. The minimum absolute atomic E-state index is 0.0818. The first-order chi connectivity index (χ1) is 5.97. The van der Waals surface area contributed by atoms with Gasteiger partial charge in [-0.1, -0.05) is 11.3 Å². The van der Waals surface area contributed by atoms with Gasteiger partial charge in [0.1, 0.15) is 0 Å². The molecule has 0 radical (unpaired) electrons. The molecule has 0 unspecified atom stereocenters. The van der Waals surface area contributed by atoms with Crippen molar-refractivity contribution in [3.8, 4) is 6.07 Å². The van der Waals surface area contributed by atoms with Crippen molar-refractivity contribution in [2.45, 2.75) is 19.3 Å². The van der Waals surface area contributed by atoms with Crippen LogP contribution < -0.4 is 0 Å². The van der Waals surface area contributed by atoms with Gasteiger partial charge in [-0.15, -0.1) is 0 Å². The maximum Gasteiger partial charge on any atom is 0.324 e. The molecule has 1 rings (SSSR count). The second kappa shape index (κ2) is 3.15. The van der Waals surface area contributed by atoms with Gasteiger partial charge in [-0.3, -0.25) is 10.1 Å². The Morgan fingerprint density at radius 1 is 1.62 bits per heavy atom. The molecule has 0 N–H and O–H groups in total. The normalized spacial score (nSPS) is 10.8. The van der Waals surface area contributed by atoms with Crippen molar-refractivity contribution in [2.24, 2.45) is 0 Å². The molecule has 0 saturated heterocycles. The van der Waals surface area contributed by atoms with Crippen molar-refractivity contribution in [2.75, 3.05) is 0 Å². The van der Waals surface area contributed by atoms with Crippen LogP contribution in [0.5, 0.6) is 0 Å². The fraction of sp³-hybridized carbons (Fsp3) is 0.375. The van der Waals surface area contributed by atoms with E-state index < -0.39 is 10.3 Å². The minimum Gasteiger partial charge on any atom is -0.258 e. The maximum atomic E-state index is 10.4. The van der Waals surface area contributed by atoms with E-state index in [0.717, 1.165) is 16.2 Å². The molecular weight excluding hydrogens is 188 g/mol. The quantitative estimate of drug-likeness (QED) is 0.539. The fourth-order valence-electron chi connectivity index (χ4n) is 0.817. The van der Waals surface area contributed by atoms with Gasteiger partial charge in [0.15, 0.2) is 0 Å². The van der Waals surface area contributed by atoms with Gasteiger partial charge in [0, 0.05) is 10.9 Å². The molecule has 0 spiro atoms. The molecule has 0 aliphatic rings. The smallest absolute Gasteiger partial charge is 0.258 e. The van der Waals surface area contributed by atoms with Gasteiger partial charge in [-0.25, -0.2) is 0 Å². The predicted molar refractivity (Wildman–Crippen MR) is 49.6 cm³/mol. The van der Waals surface area contributed by atoms with Gasteiger partial charge in [-0.05, 0) is 19.9 Å². The first-order valence-corrected chi connectivity index (χ1v) is 4.45. The number of nitro groups is 1. The zero-order chi connectivity index (χ0) is 10.1. The van der Waals surface area contributed by atoms with E-state index in [1.807, 2.05) is 0 Å². The molecule has 0 atom stereocenters. The topological polar surface area (TPSA) is 66.9 Å². The van der Waals surface area contributed by atoms with E-state index in [-0.39, 0.29) is 5.00 Å². The number of hydrogen-bond acceptors (Lipinski definition) is 4. The van der Waals surface area contributed by atoms with Crippen LogP contribution in [-0.2, 0) is 5.41 Å². The summed E-state index contributed by atoms with van der Waals surface area (Å²) in [5.41, 5.74) is -0.640. The summed E-state index contributed by atoms with van der Waals surface area (Å²) < 4.78 is 0. The van der Waals surface area contributed by atoms with Crippen molar-refractivity contribution >= 4 is 16.3 Å². The van der Waals surface area contributed by atoms with Crippen LogP contribution in [0.25, 0.3) is 0 Å². The molecular formula is C8H8N2O2S. The summed E-state index contributed by atoms with van der Waals surface area (Å²) in [6, 6.07) is 5.16. The van der Waals surface area contributed by atoms with Crippen LogP contribution in [-0.4, -0.2) is 4.92 Å². The van der Waals surface area contributed by atoms with E-state index in [2.05, 4.69) is 6.07 Å². The zero-order valence-electron chi connectivity index (χ0n) is 7.27. The van der Waals surface area contributed by atoms with Crippen LogP contribution >= 0.6 is 11.3 Å². The molecule has 68 valence electrons. The molecule has 0 aromatic carbocycles. The molecule has 0 aliphatic heterocycles. The largest absolute Gasteiger partial charge is 0.324 e. The number of hydrogen-bond donors (Lipinski definition) is 0. The maximum absolute atomic E-state index is 10.4. The van der Waals surface area contributed by atoms with Crippen molar-refractivity contribution in [1.82, 2.24) is 0 Å². The summed E-state index contributed by atoms with van der Waals surface area (Å²) in [6.45, 7) is 3.48. The molecule has 5 heteroatoms. The third-order valence-electron chi connectivity index (χ3n) is 1.67. The van der Waals surface area contributed by atoms with Crippen LogP contribution in [0, 0.1) is 21.4 Å². The summed E-state index contributed by atoms with van der Waals surface area (Å²) in [4.78, 5) is 10.6. The Morgan fingerprint density at radius 2 is 2.23 bits per heavy atom. The highest BCUT2D eigenvalue weighted by molar-refractivity contribution is 7.15. The van der Waals surface area contributed by atoms with Crippen LogP contribution in [0.2, 0.25) is 0 Å².